The molecular formula is C26H36N2O6. The Hall–Kier alpha value is -3.13. The summed E-state index contributed by atoms with van der Waals surface area (Å²) in [6.45, 7) is 3.69. The number of aliphatic hydroxyl groups excluding tert-OH is 1. The van der Waals surface area contributed by atoms with Crippen molar-refractivity contribution in [2.75, 3.05) is 33.4 Å². The molecule has 8 nitrogen and oxygen atoms in total. The molecule has 0 aromatic heterocycles. The summed E-state index contributed by atoms with van der Waals surface area (Å²) in [7, 11) is 1.67. The van der Waals surface area contributed by atoms with Crippen LogP contribution in [0.2, 0.25) is 0 Å². The Morgan fingerprint density at radius 2 is 1.91 bits per heavy atom. The summed E-state index contributed by atoms with van der Waals surface area (Å²) >= 11 is 0. The number of amides is 1. The molecule has 8 heteroatoms. The fraction of sp³-hybridized carbons (Fsp3) is 0.500. The Morgan fingerprint density at radius 3 is 2.62 bits per heavy atom. The Bertz CT molecular complexity index is 922. The van der Waals surface area contributed by atoms with Crippen LogP contribution in [0.25, 0.3) is 0 Å². The Labute approximate surface area is 201 Å². The average Bonchev–Trinajstić information content (AvgIpc) is 2.81. The van der Waals surface area contributed by atoms with Gasteiger partial charge in [0.2, 0.25) is 5.91 Å². The number of likely N-dealkylation sites (tertiary alicyclic amines) is 1. The number of cyclic esters (lactones) is 1. The minimum Gasteiger partial charge on any atom is -0.508 e. The van der Waals surface area contributed by atoms with Gasteiger partial charge in [-0.25, -0.2) is 4.79 Å². The number of piperidine rings is 1. The molecule has 1 amide bonds. The van der Waals surface area contributed by atoms with E-state index in [1.165, 1.54) is 12.5 Å². The van der Waals surface area contributed by atoms with Crippen molar-refractivity contribution in [1.29, 1.82) is 0 Å². The number of rotatable bonds is 1. The third-order valence-corrected chi connectivity index (χ3v) is 5.69. The summed E-state index contributed by atoms with van der Waals surface area (Å²) in [5.74, 6) is -0.511. The second-order valence-electron chi connectivity index (χ2n) is 8.51. The summed E-state index contributed by atoms with van der Waals surface area (Å²) in [6.07, 6.45) is 13.0. The van der Waals surface area contributed by atoms with Crippen molar-refractivity contribution in [1.82, 2.24) is 4.90 Å². The first-order valence-electron chi connectivity index (χ1n) is 11.7. The van der Waals surface area contributed by atoms with Gasteiger partial charge in [-0.2, -0.15) is 0 Å². The molecule has 34 heavy (non-hydrogen) atoms. The second kappa shape index (κ2) is 14.2. The van der Waals surface area contributed by atoms with E-state index in [1.807, 2.05) is 18.2 Å². The Morgan fingerprint density at radius 1 is 1.18 bits per heavy atom. The number of carbonyl (C=O) groups is 2. The number of esters is 1. The Balaban J connectivity index is 0.000000310. The third kappa shape index (κ3) is 8.67. The highest BCUT2D eigenvalue weighted by molar-refractivity contribution is 6.00. The van der Waals surface area contributed by atoms with E-state index in [4.69, 9.17) is 9.84 Å². The lowest BCUT2D eigenvalue weighted by Crippen LogP contribution is -2.40. The summed E-state index contributed by atoms with van der Waals surface area (Å²) in [5.41, 5.74) is 1.33. The summed E-state index contributed by atoms with van der Waals surface area (Å²) in [5, 5.41) is 28.3. The van der Waals surface area contributed by atoms with Gasteiger partial charge in [0, 0.05) is 38.3 Å². The number of allylic oxidation sites excluding steroid dienone is 3. The van der Waals surface area contributed by atoms with Crippen LogP contribution >= 0.6 is 0 Å². The normalized spacial score (nSPS) is 22.4. The van der Waals surface area contributed by atoms with Crippen LogP contribution in [-0.4, -0.2) is 71.2 Å². The van der Waals surface area contributed by atoms with Crippen LogP contribution in [0.1, 0.15) is 54.9 Å². The molecule has 1 unspecified atom stereocenters. The van der Waals surface area contributed by atoms with E-state index in [0.29, 0.717) is 24.3 Å². The molecule has 0 radical (unpaired) electrons. The summed E-state index contributed by atoms with van der Waals surface area (Å²) in [4.78, 5) is 29.2. The molecule has 2 heterocycles. The Kier molecular flexibility index (Phi) is 11.3. The van der Waals surface area contributed by atoms with Crippen LogP contribution in [-0.2, 0) is 16.0 Å². The number of benzene rings is 1. The van der Waals surface area contributed by atoms with E-state index in [2.05, 4.69) is 18.0 Å². The van der Waals surface area contributed by atoms with Gasteiger partial charge in [0.25, 0.3) is 0 Å². The maximum absolute atomic E-state index is 12.3. The molecule has 3 rings (SSSR count). The number of aliphatic imine (C=N–C) groups is 1. The molecular weight excluding hydrogens is 436 g/mol. The van der Waals surface area contributed by atoms with Crippen molar-refractivity contribution in [3.8, 4) is 11.5 Å². The number of fused-ring (bicyclic) bond motifs is 1. The van der Waals surface area contributed by atoms with Gasteiger partial charge >= 0.3 is 5.97 Å². The quantitative estimate of drug-likeness (QED) is 0.426. The minimum atomic E-state index is -0.595. The lowest BCUT2D eigenvalue weighted by molar-refractivity contribution is -0.135. The standard InChI is InChI=1S/C18H21NO4.C8H15NO2/c1-19-14-8-6-4-2-3-5-7-9-23-18(22)17-13(10-14)11-15(20)12-16(17)21;1-7-3-2-4-9(5-7)8(11)6-10/h3,5-6,8,11-12,20-21H,2,4,7,9-10H2,1H3;7,10H,2-6H2,1H3/b5-3+,8-6+,19-14?;. The first-order valence-corrected chi connectivity index (χ1v) is 11.7. The molecule has 2 aliphatic heterocycles. The molecule has 1 aromatic carbocycles. The van der Waals surface area contributed by atoms with Crippen LogP contribution < -0.4 is 0 Å². The molecule has 1 aromatic rings. The van der Waals surface area contributed by atoms with Crippen LogP contribution in [0, 0.1) is 5.92 Å². The highest BCUT2D eigenvalue weighted by atomic mass is 16.5. The average molecular weight is 473 g/mol. The molecule has 0 spiro atoms. The topological polar surface area (TPSA) is 120 Å². The smallest absolute Gasteiger partial charge is 0.342 e. The molecule has 0 aliphatic carbocycles. The lowest BCUT2D eigenvalue weighted by Gasteiger charge is -2.30. The molecule has 1 saturated heterocycles. The van der Waals surface area contributed by atoms with Crippen LogP contribution in [0.15, 0.2) is 41.4 Å². The first-order chi connectivity index (χ1) is 16.3. The van der Waals surface area contributed by atoms with Gasteiger partial charge in [-0.3, -0.25) is 9.79 Å². The lowest BCUT2D eigenvalue weighted by atomic mass is 9.99. The predicted octanol–water partition coefficient (Wildman–Crippen LogP) is 3.40. The van der Waals surface area contributed by atoms with Gasteiger partial charge in [-0.1, -0.05) is 25.2 Å². The van der Waals surface area contributed by atoms with Gasteiger partial charge in [-0.05, 0) is 55.7 Å². The van der Waals surface area contributed by atoms with Crippen molar-refractivity contribution in [3.63, 3.8) is 0 Å². The highest BCUT2D eigenvalue weighted by Gasteiger charge is 2.21. The molecule has 186 valence electrons. The predicted molar refractivity (Wildman–Crippen MR) is 131 cm³/mol. The summed E-state index contributed by atoms with van der Waals surface area (Å²) < 4.78 is 5.21. The van der Waals surface area contributed by atoms with Gasteiger partial charge in [0.1, 0.15) is 23.7 Å². The molecule has 3 N–H and O–H groups in total. The van der Waals surface area contributed by atoms with E-state index in [-0.39, 0.29) is 36.2 Å². The minimum absolute atomic E-state index is 0.0818. The molecule has 1 fully saturated rings. The monoisotopic (exact) mass is 472 g/mol. The molecule has 0 bridgehead atoms. The van der Waals surface area contributed by atoms with Crippen molar-refractivity contribution in [2.24, 2.45) is 10.9 Å². The fourth-order valence-corrected chi connectivity index (χ4v) is 3.91. The van der Waals surface area contributed by atoms with E-state index in [9.17, 15) is 19.8 Å². The van der Waals surface area contributed by atoms with Crippen LogP contribution in [0.3, 0.4) is 0 Å². The van der Waals surface area contributed by atoms with Crippen molar-refractivity contribution >= 4 is 17.6 Å². The fourth-order valence-electron chi connectivity index (χ4n) is 3.91. The van der Waals surface area contributed by atoms with Crippen molar-refractivity contribution in [2.45, 2.75) is 45.4 Å². The first kappa shape index (κ1) is 27.1. The van der Waals surface area contributed by atoms with Gasteiger partial charge in [0.15, 0.2) is 0 Å². The number of hydrogen-bond donors (Lipinski definition) is 3. The third-order valence-electron chi connectivity index (χ3n) is 5.69. The van der Waals surface area contributed by atoms with Crippen LogP contribution in [0.5, 0.6) is 11.5 Å². The molecule has 1 atom stereocenters. The van der Waals surface area contributed by atoms with E-state index in [1.54, 1.807) is 11.9 Å². The largest absolute Gasteiger partial charge is 0.508 e. The number of aliphatic hydroxyl groups is 1. The maximum atomic E-state index is 12.3. The van der Waals surface area contributed by atoms with Crippen LogP contribution in [0.4, 0.5) is 0 Å². The number of nitrogens with zero attached hydrogens (tertiary/aromatic N) is 2. The SMILES string of the molecule is CC1CCCN(C(=O)CO)C1.CN=C1/C=C/CC/C=C/CCOC(=O)c2c(O)cc(O)cc2C1. The number of aromatic hydroxyl groups is 2. The van der Waals surface area contributed by atoms with Crippen molar-refractivity contribution < 1.29 is 29.6 Å². The van der Waals surface area contributed by atoms with E-state index in [0.717, 1.165) is 44.1 Å². The number of phenolic OH excluding ortho intramolecular Hbond substituents is 2. The number of ether oxygens (including phenoxy) is 1. The zero-order valence-corrected chi connectivity index (χ0v) is 20.1. The highest BCUT2D eigenvalue weighted by Crippen LogP contribution is 2.29. The number of phenols is 2. The van der Waals surface area contributed by atoms with E-state index >= 15 is 0 Å². The number of hydrogen-bond acceptors (Lipinski definition) is 7. The van der Waals surface area contributed by atoms with Gasteiger partial charge < -0.3 is 25.0 Å². The van der Waals surface area contributed by atoms with Gasteiger partial charge in [0.05, 0.1) is 6.61 Å². The number of carbonyl (C=O) groups excluding carboxylic acids is 2. The second-order valence-corrected chi connectivity index (χ2v) is 8.51. The molecule has 0 saturated carbocycles. The van der Waals surface area contributed by atoms with Gasteiger partial charge in [-0.15, -0.1) is 0 Å². The van der Waals surface area contributed by atoms with E-state index < -0.39 is 5.97 Å². The zero-order chi connectivity index (χ0) is 24.9. The zero-order valence-electron chi connectivity index (χ0n) is 20.1. The maximum Gasteiger partial charge on any atom is 0.342 e. The van der Waals surface area contributed by atoms with Crippen molar-refractivity contribution in [3.05, 3.63) is 47.6 Å². The summed E-state index contributed by atoms with van der Waals surface area (Å²) in [6, 6.07) is 2.60. The molecule has 2 aliphatic rings.